The highest BCUT2D eigenvalue weighted by Crippen LogP contribution is 2.39. The summed E-state index contributed by atoms with van der Waals surface area (Å²) in [6.45, 7) is 13.7. The molecule has 2 heterocycles. The number of aliphatic hydroxyl groups excluding tert-OH is 1. The Morgan fingerprint density at radius 1 is 1.33 bits per heavy atom. The highest BCUT2D eigenvalue weighted by molar-refractivity contribution is 9.12. The van der Waals surface area contributed by atoms with Crippen LogP contribution in [0.1, 0.15) is 54.9 Å². The second kappa shape index (κ2) is 12.9. The number of piperidine rings is 1. The third kappa shape index (κ3) is 6.77. The highest BCUT2D eigenvalue weighted by atomic mass is 79.9. The molecule has 1 atom stereocenters. The zero-order valence-corrected chi connectivity index (χ0v) is 24.6. The van der Waals surface area contributed by atoms with Crippen LogP contribution >= 0.6 is 15.9 Å². The van der Waals surface area contributed by atoms with Crippen LogP contribution in [0.3, 0.4) is 0 Å². The van der Waals surface area contributed by atoms with Crippen molar-refractivity contribution >= 4 is 46.1 Å². The van der Waals surface area contributed by atoms with Crippen LogP contribution in [0.2, 0.25) is 0 Å². The number of aryl methyl sites for hydroxylation is 1. The fourth-order valence-corrected chi connectivity index (χ4v) is 5.92. The van der Waals surface area contributed by atoms with Gasteiger partial charge in [-0.2, -0.15) is 0 Å². The van der Waals surface area contributed by atoms with Gasteiger partial charge in [-0.05, 0) is 103 Å². The Morgan fingerprint density at radius 2 is 2.15 bits per heavy atom. The van der Waals surface area contributed by atoms with Gasteiger partial charge in [0.15, 0.2) is 0 Å². The minimum atomic E-state index is -0.587. The lowest BCUT2D eigenvalue weighted by Crippen LogP contribution is -2.36. The van der Waals surface area contributed by atoms with Gasteiger partial charge < -0.3 is 26.0 Å². The smallest absolute Gasteiger partial charge is 0.234 e. The van der Waals surface area contributed by atoms with Gasteiger partial charge in [0, 0.05) is 37.2 Å². The fraction of sp³-hybridized carbons (Fsp3) is 0.433. The summed E-state index contributed by atoms with van der Waals surface area (Å²) < 4.78 is 0.692. The predicted octanol–water partition coefficient (Wildman–Crippen LogP) is 4.89. The molecule has 2 aliphatic heterocycles. The molecule has 39 heavy (non-hydrogen) atoms. The Kier molecular flexibility index (Phi) is 9.58. The van der Waals surface area contributed by atoms with Crippen LogP contribution in [0.5, 0.6) is 0 Å². The summed E-state index contributed by atoms with van der Waals surface area (Å²) in [4.78, 5) is 23.4. The number of rotatable bonds is 11. The number of β-amino-alcohol motifs (C(OH)–C–C–N with tert-alkyl or cyclic N) is 1. The molecule has 0 aromatic heterocycles. The summed E-state index contributed by atoms with van der Waals surface area (Å²) in [6.07, 6.45) is 4.07. The van der Waals surface area contributed by atoms with E-state index >= 15 is 0 Å². The number of aliphatic imine (C=N–C) groups is 2. The van der Waals surface area contributed by atoms with Gasteiger partial charge in [-0.1, -0.05) is 24.3 Å². The standard InChI is InChI=1S/C30H39BrN6O2/c1-20-15-21(23-8-6-12-37(18-23)13-14-38)10-11-25(20)35-19-33-17-24(31)28(32-4)34-16-22-7-5-9-26-27(22)30(2,3)29(39)36-26/h5,7,9-11,15,17,23,34-35,38H,4,6,8,12-14,16,18-19H2,1-3H3,(H,36,39)/b28-24-,33-17-. The zero-order chi connectivity index (χ0) is 28.0. The van der Waals surface area contributed by atoms with E-state index in [1.165, 1.54) is 24.0 Å². The summed E-state index contributed by atoms with van der Waals surface area (Å²) in [6, 6.07) is 12.5. The number of hydrogen-bond acceptors (Lipinski definition) is 7. The second-order valence-electron chi connectivity index (χ2n) is 10.7. The molecule has 0 radical (unpaired) electrons. The molecule has 1 amide bonds. The summed E-state index contributed by atoms with van der Waals surface area (Å²) in [5.74, 6) is 1.09. The lowest BCUT2D eigenvalue weighted by Gasteiger charge is -2.32. The molecule has 2 aliphatic rings. The van der Waals surface area contributed by atoms with Crippen LogP contribution in [0.4, 0.5) is 11.4 Å². The molecule has 1 saturated heterocycles. The monoisotopic (exact) mass is 594 g/mol. The lowest BCUT2D eigenvalue weighted by atomic mass is 9.83. The quantitative estimate of drug-likeness (QED) is 0.277. The van der Waals surface area contributed by atoms with Crippen molar-refractivity contribution in [2.45, 2.75) is 51.5 Å². The minimum Gasteiger partial charge on any atom is -0.395 e. The van der Waals surface area contributed by atoms with E-state index in [1.54, 1.807) is 6.21 Å². The first kappa shape index (κ1) is 29.0. The molecule has 0 spiro atoms. The van der Waals surface area contributed by atoms with E-state index in [9.17, 15) is 9.90 Å². The normalized spacial score (nSPS) is 19.4. The molecule has 0 saturated carbocycles. The fourth-order valence-electron chi connectivity index (χ4n) is 5.51. The second-order valence-corrected chi connectivity index (χ2v) is 11.6. The predicted molar refractivity (Wildman–Crippen MR) is 164 cm³/mol. The summed E-state index contributed by atoms with van der Waals surface area (Å²) in [7, 11) is 0. The molecule has 1 unspecified atom stereocenters. The maximum atomic E-state index is 12.4. The van der Waals surface area contributed by atoms with Gasteiger partial charge in [0.25, 0.3) is 0 Å². The third-order valence-corrected chi connectivity index (χ3v) is 8.21. The number of anilines is 2. The van der Waals surface area contributed by atoms with Gasteiger partial charge in [-0.3, -0.25) is 9.79 Å². The molecular weight excluding hydrogens is 556 g/mol. The number of benzene rings is 2. The molecule has 2 aromatic rings. The number of hydrogen-bond donors (Lipinski definition) is 4. The first-order valence-electron chi connectivity index (χ1n) is 13.5. The van der Waals surface area contributed by atoms with Gasteiger partial charge in [0.2, 0.25) is 5.91 Å². The number of carbonyl (C=O) groups is 1. The number of nitrogens with one attached hydrogen (secondary N) is 3. The average molecular weight is 596 g/mol. The summed E-state index contributed by atoms with van der Waals surface area (Å²) in [5.41, 5.74) is 5.92. The van der Waals surface area contributed by atoms with Crippen LogP contribution in [-0.2, 0) is 16.8 Å². The van der Waals surface area contributed by atoms with Crippen molar-refractivity contribution in [3.8, 4) is 0 Å². The Hall–Kier alpha value is -3.01. The molecule has 1 fully saturated rings. The first-order chi connectivity index (χ1) is 18.7. The van der Waals surface area contributed by atoms with Crippen LogP contribution in [0.15, 0.2) is 56.7 Å². The van der Waals surface area contributed by atoms with Gasteiger partial charge in [0.1, 0.15) is 12.5 Å². The van der Waals surface area contributed by atoms with Crippen LogP contribution in [0, 0.1) is 6.92 Å². The zero-order valence-electron chi connectivity index (χ0n) is 23.1. The lowest BCUT2D eigenvalue weighted by molar-refractivity contribution is -0.119. The van der Waals surface area contributed by atoms with Crippen LogP contribution in [0.25, 0.3) is 0 Å². The summed E-state index contributed by atoms with van der Waals surface area (Å²) >= 11 is 3.56. The molecule has 208 valence electrons. The molecule has 0 bridgehead atoms. The average Bonchev–Trinajstić information content (AvgIpc) is 3.16. The highest BCUT2D eigenvalue weighted by Gasteiger charge is 2.39. The van der Waals surface area contributed by atoms with E-state index in [1.807, 2.05) is 32.0 Å². The maximum Gasteiger partial charge on any atom is 0.234 e. The molecule has 2 aromatic carbocycles. The van der Waals surface area contributed by atoms with Gasteiger partial charge in [-0.15, -0.1) is 0 Å². The number of allylic oxidation sites excluding steroid dienone is 1. The van der Waals surface area contributed by atoms with Gasteiger partial charge >= 0.3 is 0 Å². The minimum absolute atomic E-state index is 0.00642. The number of aliphatic hydroxyl groups is 1. The molecule has 4 N–H and O–H groups in total. The van der Waals surface area contributed by atoms with E-state index in [4.69, 9.17) is 0 Å². The number of nitrogens with zero attached hydrogens (tertiary/aromatic N) is 3. The largest absolute Gasteiger partial charge is 0.395 e. The molecule has 4 rings (SSSR count). The summed E-state index contributed by atoms with van der Waals surface area (Å²) in [5, 5.41) is 19.0. The Morgan fingerprint density at radius 3 is 2.90 bits per heavy atom. The van der Waals surface area contributed by atoms with Crippen molar-refractivity contribution in [3.05, 3.63) is 69.0 Å². The van der Waals surface area contributed by atoms with Crippen molar-refractivity contribution in [1.29, 1.82) is 0 Å². The number of amides is 1. The molecular formula is C30H39BrN6O2. The van der Waals surface area contributed by atoms with Crippen molar-refractivity contribution in [3.63, 3.8) is 0 Å². The van der Waals surface area contributed by atoms with E-state index in [0.717, 1.165) is 42.1 Å². The van der Waals surface area contributed by atoms with Crippen LogP contribution < -0.4 is 16.0 Å². The third-order valence-electron chi connectivity index (χ3n) is 7.63. The number of carbonyl (C=O) groups excluding carboxylic acids is 1. The van der Waals surface area contributed by atoms with Crippen molar-refractivity contribution in [1.82, 2.24) is 10.2 Å². The SMILES string of the molecule is C=N/C(NCc1cccc2c1C(C)(C)C(=O)N2)=C(Br)\C=N/CNc1ccc(C2CCCN(CCO)C2)cc1C. The Labute approximate surface area is 239 Å². The Balaban J connectivity index is 1.34. The van der Waals surface area contributed by atoms with E-state index in [2.05, 4.69) is 78.6 Å². The van der Waals surface area contributed by atoms with Crippen molar-refractivity contribution in [2.24, 2.45) is 9.98 Å². The van der Waals surface area contributed by atoms with Gasteiger partial charge in [-0.25, -0.2) is 4.99 Å². The van der Waals surface area contributed by atoms with E-state index < -0.39 is 5.41 Å². The van der Waals surface area contributed by atoms with Gasteiger partial charge in [0.05, 0.1) is 16.5 Å². The van der Waals surface area contributed by atoms with Crippen LogP contribution in [-0.4, -0.2) is 61.8 Å². The van der Waals surface area contributed by atoms with Crippen molar-refractivity contribution in [2.75, 3.05) is 43.5 Å². The number of likely N-dealkylation sites (tertiary alicyclic amines) is 1. The maximum absolute atomic E-state index is 12.4. The first-order valence-corrected chi connectivity index (χ1v) is 14.3. The van der Waals surface area contributed by atoms with E-state index in [-0.39, 0.29) is 12.5 Å². The number of fused-ring (bicyclic) bond motifs is 1. The number of halogens is 1. The Bertz CT molecular complexity index is 1270. The van der Waals surface area contributed by atoms with Crippen molar-refractivity contribution < 1.29 is 9.90 Å². The molecule has 9 heteroatoms. The molecule has 0 aliphatic carbocycles. The van der Waals surface area contributed by atoms with E-state index in [0.29, 0.717) is 29.4 Å². The molecule has 8 nitrogen and oxygen atoms in total. The topological polar surface area (TPSA) is 101 Å².